The van der Waals surface area contributed by atoms with E-state index < -0.39 is 6.36 Å². The molecule has 6 heteroatoms. The Balaban J connectivity index is 2.88. The van der Waals surface area contributed by atoms with Crippen molar-refractivity contribution in [3.05, 3.63) is 28.2 Å². The highest BCUT2D eigenvalue weighted by molar-refractivity contribution is 9.10. The van der Waals surface area contributed by atoms with Gasteiger partial charge in [-0.3, -0.25) is 0 Å². The van der Waals surface area contributed by atoms with Crippen molar-refractivity contribution in [1.82, 2.24) is 0 Å². The van der Waals surface area contributed by atoms with Crippen LogP contribution in [-0.4, -0.2) is 6.36 Å². The Morgan fingerprint density at radius 2 is 2.07 bits per heavy atom. The normalized spacial score (nSPS) is 10.9. The van der Waals surface area contributed by atoms with Crippen LogP contribution < -0.4 is 4.74 Å². The molecule has 0 heterocycles. The molecular weight excluding hydrogens is 275 g/mol. The lowest BCUT2D eigenvalue weighted by atomic mass is 10.2. The lowest BCUT2D eigenvalue weighted by molar-refractivity contribution is -0.274. The molecule has 1 rings (SSSR count). The lowest BCUT2D eigenvalue weighted by Crippen LogP contribution is -2.17. The van der Waals surface area contributed by atoms with Gasteiger partial charge in [0.2, 0.25) is 0 Å². The summed E-state index contributed by atoms with van der Waals surface area (Å²) in [6.07, 6.45) is -4.57. The summed E-state index contributed by atoms with van der Waals surface area (Å²) >= 11 is 3.06. The van der Waals surface area contributed by atoms with Crippen molar-refractivity contribution in [2.24, 2.45) is 0 Å². The fourth-order valence-electron chi connectivity index (χ4n) is 0.954. The third-order valence-corrected chi connectivity index (χ3v) is 2.27. The number of nitrogens with zero attached hydrogens (tertiary/aromatic N) is 1. The van der Waals surface area contributed by atoms with Gasteiger partial charge < -0.3 is 4.74 Å². The molecule has 0 aromatic heterocycles. The van der Waals surface area contributed by atoms with Crippen molar-refractivity contribution in [2.45, 2.75) is 12.8 Å². The molecule has 0 saturated carbocycles. The molecule has 80 valence electrons. The molecule has 2 nitrogen and oxygen atoms in total. The number of hydrogen-bond donors (Lipinski definition) is 0. The molecule has 0 radical (unpaired) electrons. The Morgan fingerprint density at radius 3 is 2.53 bits per heavy atom. The third kappa shape index (κ3) is 3.80. The van der Waals surface area contributed by atoms with E-state index in [2.05, 4.69) is 20.7 Å². The maximum atomic E-state index is 11.8. The number of rotatable bonds is 2. The Kier molecular flexibility index (Phi) is 3.58. The number of ether oxygens (including phenoxy) is 1. The van der Waals surface area contributed by atoms with Gasteiger partial charge in [0, 0.05) is 4.47 Å². The summed E-state index contributed by atoms with van der Waals surface area (Å²) in [5, 5.41) is 8.42. The highest BCUT2D eigenvalue weighted by atomic mass is 79.9. The SMILES string of the molecule is N#CCc1ccc(OC(F)(F)F)cc1Br. The van der Waals surface area contributed by atoms with Crippen molar-refractivity contribution in [3.8, 4) is 11.8 Å². The molecule has 0 atom stereocenters. The molecule has 0 aliphatic carbocycles. The minimum atomic E-state index is -4.70. The first-order valence-electron chi connectivity index (χ1n) is 3.83. The fourth-order valence-corrected chi connectivity index (χ4v) is 1.45. The highest BCUT2D eigenvalue weighted by Gasteiger charge is 2.31. The maximum Gasteiger partial charge on any atom is 0.573 e. The van der Waals surface area contributed by atoms with E-state index in [-0.39, 0.29) is 12.2 Å². The first-order valence-corrected chi connectivity index (χ1v) is 4.63. The van der Waals surface area contributed by atoms with Gasteiger partial charge in [-0.05, 0) is 17.7 Å². The molecule has 0 unspecified atom stereocenters. The van der Waals surface area contributed by atoms with Gasteiger partial charge in [0.15, 0.2) is 0 Å². The second-order valence-corrected chi connectivity index (χ2v) is 3.49. The Bertz CT molecular complexity index is 397. The predicted octanol–water partition coefficient (Wildman–Crippen LogP) is 3.41. The van der Waals surface area contributed by atoms with E-state index in [1.165, 1.54) is 18.2 Å². The van der Waals surface area contributed by atoms with E-state index in [0.29, 0.717) is 10.0 Å². The van der Waals surface area contributed by atoms with Crippen LogP contribution in [-0.2, 0) is 6.42 Å². The Morgan fingerprint density at radius 1 is 1.40 bits per heavy atom. The number of nitriles is 1. The van der Waals surface area contributed by atoms with Crippen LogP contribution in [0, 0.1) is 11.3 Å². The minimum absolute atomic E-state index is 0.132. The van der Waals surface area contributed by atoms with E-state index in [9.17, 15) is 13.2 Å². The zero-order valence-corrected chi connectivity index (χ0v) is 8.89. The van der Waals surface area contributed by atoms with Crippen LogP contribution in [0.4, 0.5) is 13.2 Å². The standard InChI is InChI=1S/C9H5BrF3NO/c10-8-5-7(15-9(11,12)13)2-1-6(8)3-4-14/h1-2,5H,3H2. The van der Waals surface area contributed by atoms with Crippen LogP contribution in [0.2, 0.25) is 0 Å². The van der Waals surface area contributed by atoms with Crippen molar-refractivity contribution in [2.75, 3.05) is 0 Å². The summed E-state index contributed by atoms with van der Waals surface area (Å²) in [4.78, 5) is 0. The number of halogens is 4. The molecular formula is C9H5BrF3NO. The first kappa shape index (κ1) is 11.9. The predicted molar refractivity (Wildman–Crippen MR) is 50.1 cm³/mol. The number of hydrogen-bond acceptors (Lipinski definition) is 2. The van der Waals surface area contributed by atoms with Crippen LogP contribution in [0.3, 0.4) is 0 Å². The second kappa shape index (κ2) is 4.53. The fraction of sp³-hybridized carbons (Fsp3) is 0.222. The van der Waals surface area contributed by atoms with Gasteiger partial charge >= 0.3 is 6.36 Å². The van der Waals surface area contributed by atoms with Crippen molar-refractivity contribution in [3.63, 3.8) is 0 Å². The minimum Gasteiger partial charge on any atom is -0.406 e. The average molecular weight is 280 g/mol. The Hall–Kier alpha value is -1.22. The molecule has 0 N–H and O–H groups in total. The van der Waals surface area contributed by atoms with Crippen LogP contribution in [0.1, 0.15) is 5.56 Å². The zero-order valence-electron chi connectivity index (χ0n) is 7.31. The lowest BCUT2D eigenvalue weighted by Gasteiger charge is -2.09. The average Bonchev–Trinajstić information content (AvgIpc) is 2.07. The van der Waals surface area contributed by atoms with Crippen molar-refractivity contribution >= 4 is 15.9 Å². The van der Waals surface area contributed by atoms with E-state index in [4.69, 9.17) is 5.26 Å². The van der Waals surface area contributed by atoms with Crippen LogP contribution in [0.5, 0.6) is 5.75 Å². The van der Waals surface area contributed by atoms with Crippen molar-refractivity contribution in [1.29, 1.82) is 5.26 Å². The molecule has 1 aromatic rings. The van der Waals surface area contributed by atoms with Crippen molar-refractivity contribution < 1.29 is 17.9 Å². The molecule has 0 amide bonds. The van der Waals surface area contributed by atoms with Crippen LogP contribution >= 0.6 is 15.9 Å². The van der Waals surface area contributed by atoms with E-state index >= 15 is 0 Å². The summed E-state index contributed by atoms with van der Waals surface area (Å²) < 4.78 is 39.6. The number of alkyl halides is 3. The van der Waals surface area contributed by atoms with E-state index in [1.807, 2.05) is 6.07 Å². The molecule has 0 saturated heterocycles. The summed E-state index contributed by atoms with van der Waals surface area (Å²) in [5.74, 6) is -0.309. The van der Waals surface area contributed by atoms with Crippen LogP contribution in [0.25, 0.3) is 0 Å². The molecule has 15 heavy (non-hydrogen) atoms. The largest absolute Gasteiger partial charge is 0.573 e. The van der Waals surface area contributed by atoms with Gasteiger partial charge in [-0.1, -0.05) is 22.0 Å². The van der Waals surface area contributed by atoms with E-state index in [0.717, 1.165) is 0 Å². The van der Waals surface area contributed by atoms with Gasteiger partial charge in [0.05, 0.1) is 12.5 Å². The molecule has 0 fully saturated rings. The second-order valence-electron chi connectivity index (χ2n) is 2.64. The molecule has 0 bridgehead atoms. The monoisotopic (exact) mass is 279 g/mol. The molecule has 0 aliphatic heterocycles. The van der Waals surface area contributed by atoms with Gasteiger partial charge in [-0.25, -0.2) is 0 Å². The summed E-state index contributed by atoms with van der Waals surface area (Å²) in [5.41, 5.74) is 0.618. The maximum absolute atomic E-state index is 11.8. The zero-order chi connectivity index (χ0) is 11.5. The number of benzene rings is 1. The smallest absolute Gasteiger partial charge is 0.406 e. The molecule has 0 spiro atoms. The van der Waals surface area contributed by atoms with E-state index in [1.54, 1.807) is 0 Å². The molecule has 1 aromatic carbocycles. The topological polar surface area (TPSA) is 33.0 Å². The van der Waals surface area contributed by atoms with Gasteiger partial charge in [0.1, 0.15) is 5.75 Å². The summed E-state index contributed by atoms with van der Waals surface area (Å²) in [6.45, 7) is 0. The first-order chi connectivity index (χ1) is 6.92. The highest BCUT2D eigenvalue weighted by Crippen LogP contribution is 2.27. The summed E-state index contributed by atoms with van der Waals surface area (Å²) in [7, 11) is 0. The van der Waals surface area contributed by atoms with Crippen LogP contribution in [0.15, 0.2) is 22.7 Å². The quantitative estimate of drug-likeness (QED) is 0.831. The third-order valence-electron chi connectivity index (χ3n) is 1.53. The van der Waals surface area contributed by atoms with Gasteiger partial charge in [0.25, 0.3) is 0 Å². The van der Waals surface area contributed by atoms with Gasteiger partial charge in [-0.15, -0.1) is 13.2 Å². The molecule has 0 aliphatic rings. The van der Waals surface area contributed by atoms with Gasteiger partial charge in [-0.2, -0.15) is 5.26 Å². The summed E-state index contributed by atoms with van der Waals surface area (Å²) in [6, 6.07) is 5.66. The Labute approximate surface area is 92.4 Å².